The molecule has 0 aliphatic heterocycles. The molecule has 0 aliphatic rings. The molecule has 3 heteroatoms. The smallest absolute Gasteiger partial charge is 0.316 e. The van der Waals surface area contributed by atoms with Gasteiger partial charge >= 0.3 is 6.01 Å². The molecule has 0 fully saturated rings. The van der Waals surface area contributed by atoms with Crippen LogP contribution in [0.1, 0.15) is 18.4 Å². The maximum absolute atomic E-state index is 5.82. The first kappa shape index (κ1) is 16.3. The van der Waals surface area contributed by atoms with Crippen LogP contribution in [0.3, 0.4) is 0 Å². The van der Waals surface area contributed by atoms with Crippen molar-refractivity contribution in [3.05, 3.63) is 90.6 Å². The third kappa shape index (κ3) is 3.57. The van der Waals surface area contributed by atoms with E-state index >= 15 is 0 Å². The molecular formula is C23H20N2O. The van der Waals surface area contributed by atoms with Crippen molar-refractivity contribution < 1.29 is 4.74 Å². The van der Waals surface area contributed by atoms with E-state index in [0.29, 0.717) is 12.6 Å². The molecule has 3 aromatic carbocycles. The van der Waals surface area contributed by atoms with E-state index in [1.54, 1.807) is 6.20 Å². The average molecular weight is 340 g/mol. The van der Waals surface area contributed by atoms with Gasteiger partial charge in [0.15, 0.2) is 0 Å². The van der Waals surface area contributed by atoms with Crippen LogP contribution in [0.25, 0.3) is 22.0 Å². The summed E-state index contributed by atoms with van der Waals surface area (Å²) < 4.78 is 5.82. The van der Waals surface area contributed by atoms with Crippen LogP contribution >= 0.6 is 0 Å². The molecule has 128 valence electrons. The highest BCUT2D eigenvalue weighted by molar-refractivity contribution is 5.77. The molecule has 0 saturated carbocycles. The van der Waals surface area contributed by atoms with Crippen LogP contribution in [0, 0.1) is 0 Å². The number of nitrogens with zero attached hydrogens (tertiary/aromatic N) is 2. The fourth-order valence-corrected chi connectivity index (χ4v) is 2.96. The van der Waals surface area contributed by atoms with Crippen molar-refractivity contribution >= 4 is 10.9 Å². The standard InChI is InChI=1S/C23H20N2O/c1-17(16-26-23-24-15-21-9-5-6-10-22(21)25-23)18-11-13-20(14-12-18)19-7-3-2-4-8-19/h2-15,17H,16H2,1H3. The van der Waals surface area contributed by atoms with Crippen molar-refractivity contribution in [1.82, 2.24) is 9.97 Å². The molecule has 0 amide bonds. The Kier molecular flexibility index (Phi) is 4.61. The van der Waals surface area contributed by atoms with Crippen molar-refractivity contribution in [2.24, 2.45) is 0 Å². The second kappa shape index (κ2) is 7.36. The van der Waals surface area contributed by atoms with Crippen LogP contribution in [-0.4, -0.2) is 16.6 Å². The van der Waals surface area contributed by atoms with Gasteiger partial charge in [-0.25, -0.2) is 4.98 Å². The van der Waals surface area contributed by atoms with Crippen LogP contribution in [0.15, 0.2) is 85.1 Å². The maximum Gasteiger partial charge on any atom is 0.316 e. The zero-order valence-electron chi connectivity index (χ0n) is 14.7. The summed E-state index contributed by atoms with van der Waals surface area (Å²) in [5, 5.41) is 1.02. The number of hydrogen-bond acceptors (Lipinski definition) is 3. The van der Waals surface area contributed by atoms with Gasteiger partial charge in [-0.1, -0.05) is 79.7 Å². The average Bonchev–Trinajstić information content (AvgIpc) is 2.72. The fourth-order valence-electron chi connectivity index (χ4n) is 2.96. The summed E-state index contributed by atoms with van der Waals surface area (Å²) in [5.74, 6) is 0.259. The predicted molar refractivity (Wildman–Crippen MR) is 105 cm³/mol. The normalized spacial score (nSPS) is 12.0. The van der Waals surface area contributed by atoms with E-state index in [2.05, 4.69) is 65.4 Å². The highest BCUT2D eigenvalue weighted by atomic mass is 16.5. The maximum atomic E-state index is 5.82. The zero-order valence-corrected chi connectivity index (χ0v) is 14.7. The van der Waals surface area contributed by atoms with Crippen LogP contribution in [0.4, 0.5) is 0 Å². The molecule has 0 spiro atoms. The third-order valence-corrected chi connectivity index (χ3v) is 4.52. The number of benzene rings is 3. The summed E-state index contributed by atoms with van der Waals surface area (Å²) in [7, 11) is 0. The summed E-state index contributed by atoms with van der Waals surface area (Å²) in [4.78, 5) is 8.75. The lowest BCUT2D eigenvalue weighted by Crippen LogP contribution is -2.09. The Morgan fingerprint density at radius 1 is 0.808 bits per heavy atom. The SMILES string of the molecule is CC(COc1ncc2ccccc2n1)c1ccc(-c2ccccc2)cc1. The number of hydrogen-bond donors (Lipinski definition) is 0. The highest BCUT2D eigenvalue weighted by Crippen LogP contribution is 2.23. The van der Waals surface area contributed by atoms with E-state index in [1.807, 2.05) is 30.3 Å². The topological polar surface area (TPSA) is 35.0 Å². The van der Waals surface area contributed by atoms with Crippen LogP contribution in [-0.2, 0) is 0 Å². The molecule has 0 radical (unpaired) electrons. The molecule has 1 atom stereocenters. The second-order valence-electron chi connectivity index (χ2n) is 6.41. The fraction of sp³-hybridized carbons (Fsp3) is 0.130. The molecular weight excluding hydrogens is 320 g/mol. The monoisotopic (exact) mass is 340 g/mol. The molecule has 4 aromatic rings. The first-order valence-corrected chi connectivity index (χ1v) is 8.79. The van der Waals surface area contributed by atoms with Gasteiger partial charge in [-0.2, -0.15) is 4.98 Å². The minimum atomic E-state index is 0.259. The summed E-state index contributed by atoms with van der Waals surface area (Å²) in [6.45, 7) is 2.70. The first-order chi connectivity index (χ1) is 12.8. The van der Waals surface area contributed by atoms with E-state index < -0.39 is 0 Å². The third-order valence-electron chi connectivity index (χ3n) is 4.52. The Morgan fingerprint density at radius 2 is 1.50 bits per heavy atom. The minimum Gasteiger partial charge on any atom is -0.463 e. The summed E-state index contributed by atoms with van der Waals surface area (Å²) in [6, 6.07) is 27.4. The van der Waals surface area contributed by atoms with Crippen molar-refractivity contribution in [2.45, 2.75) is 12.8 Å². The van der Waals surface area contributed by atoms with Crippen LogP contribution in [0.2, 0.25) is 0 Å². The minimum absolute atomic E-state index is 0.259. The van der Waals surface area contributed by atoms with Gasteiger partial charge in [-0.15, -0.1) is 0 Å². The van der Waals surface area contributed by atoms with Gasteiger partial charge < -0.3 is 4.74 Å². The molecule has 0 saturated heterocycles. The molecule has 0 bridgehead atoms. The van der Waals surface area contributed by atoms with Gasteiger partial charge in [0.1, 0.15) is 0 Å². The van der Waals surface area contributed by atoms with E-state index in [9.17, 15) is 0 Å². The number of rotatable bonds is 5. The van der Waals surface area contributed by atoms with Crippen LogP contribution in [0.5, 0.6) is 6.01 Å². The Bertz CT molecular complexity index is 997. The zero-order chi connectivity index (χ0) is 17.8. The summed E-state index contributed by atoms with van der Waals surface area (Å²) in [5.41, 5.74) is 4.59. The van der Waals surface area contributed by atoms with Gasteiger partial charge in [-0.3, -0.25) is 0 Å². The number of aromatic nitrogens is 2. The lowest BCUT2D eigenvalue weighted by molar-refractivity contribution is 0.274. The van der Waals surface area contributed by atoms with Gasteiger partial charge in [-0.05, 0) is 22.8 Å². The molecule has 1 aromatic heterocycles. The van der Waals surface area contributed by atoms with Crippen molar-refractivity contribution in [3.8, 4) is 17.1 Å². The molecule has 4 rings (SSSR count). The Labute approximate surface area is 153 Å². The highest BCUT2D eigenvalue weighted by Gasteiger charge is 2.09. The van der Waals surface area contributed by atoms with Gasteiger partial charge in [0.2, 0.25) is 0 Å². The predicted octanol–water partition coefficient (Wildman–Crippen LogP) is 5.48. The largest absolute Gasteiger partial charge is 0.463 e. The first-order valence-electron chi connectivity index (χ1n) is 8.79. The lowest BCUT2D eigenvalue weighted by atomic mass is 9.98. The van der Waals surface area contributed by atoms with E-state index in [-0.39, 0.29) is 5.92 Å². The van der Waals surface area contributed by atoms with Crippen molar-refractivity contribution in [1.29, 1.82) is 0 Å². The van der Waals surface area contributed by atoms with Crippen LogP contribution < -0.4 is 4.74 Å². The molecule has 1 heterocycles. The Morgan fingerprint density at radius 3 is 2.31 bits per heavy atom. The number of ether oxygens (including phenoxy) is 1. The van der Waals surface area contributed by atoms with E-state index in [4.69, 9.17) is 4.74 Å². The quantitative estimate of drug-likeness (QED) is 0.482. The molecule has 3 nitrogen and oxygen atoms in total. The summed E-state index contributed by atoms with van der Waals surface area (Å²) in [6.07, 6.45) is 1.80. The van der Waals surface area contributed by atoms with E-state index in [0.717, 1.165) is 10.9 Å². The lowest BCUT2D eigenvalue weighted by Gasteiger charge is -2.13. The van der Waals surface area contributed by atoms with Gasteiger partial charge in [0, 0.05) is 17.5 Å². The Balaban J connectivity index is 1.43. The molecule has 26 heavy (non-hydrogen) atoms. The number of para-hydroxylation sites is 1. The van der Waals surface area contributed by atoms with Gasteiger partial charge in [0.05, 0.1) is 12.1 Å². The number of fused-ring (bicyclic) bond motifs is 1. The second-order valence-corrected chi connectivity index (χ2v) is 6.41. The molecule has 0 N–H and O–H groups in total. The summed E-state index contributed by atoms with van der Waals surface area (Å²) >= 11 is 0. The molecule has 1 unspecified atom stereocenters. The van der Waals surface area contributed by atoms with Crippen molar-refractivity contribution in [2.75, 3.05) is 6.61 Å². The Hall–Kier alpha value is -3.20. The van der Waals surface area contributed by atoms with Crippen molar-refractivity contribution in [3.63, 3.8) is 0 Å². The van der Waals surface area contributed by atoms with Gasteiger partial charge in [0.25, 0.3) is 0 Å². The van der Waals surface area contributed by atoms with E-state index in [1.165, 1.54) is 16.7 Å². The molecule has 0 aliphatic carbocycles.